The second kappa shape index (κ2) is 8.02. The van der Waals surface area contributed by atoms with Crippen LogP contribution in [0.5, 0.6) is 0 Å². The van der Waals surface area contributed by atoms with Crippen LogP contribution in [0.1, 0.15) is 65.7 Å². The van der Waals surface area contributed by atoms with E-state index in [0.29, 0.717) is 24.7 Å². The van der Waals surface area contributed by atoms with Crippen LogP contribution >= 0.6 is 0 Å². The summed E-state index contributed by atoms with van der Waals surface area (Å²) in [4.78, 5) is 11.5. The van der Waals surface area contributed by atoms with Gasteiger partial charge in [0.25, 0.3) is 0 Å². The minimum Gasteiger partial charge on any atom is -0.463 e. The van der Waals surface area contributed by atoms with Crippen molar-refractivity contribution in [3.8, 4) is 12.3 Å². The number of aliphatic hydroxyl groups excluding tert-OH is 2. The minimum atomic E-state index is -1.09. The number of fused-ring (bicyclic) bond motifs is 5. The quantitative estimate of drug-likeness (QED) is 0.402. The van der Waals surface area contributed by atoms with Crippen molar-refractivity contribution in [3.05, 3.63) is 0 Å². The summed E-state index contributed by atoms with van der Waals surface area (Å²) in [7, 11) is 1.56. The van der Waals surface area contributed by atoms with Crippen LogP contribution in [-0.2, 0) is 19.0 Å². The summed E-state index contributed by atoms with van der Waals surface area (Å²) in [5.74, 6) is 3.47. The molecule has 174 valence electrons. The van der Waals surface area contributed by atoms with Crippen LogP contribution in [0, 0.1) is 46.8 Å². The summed E-state index contributed by atoms with van der Waals surface area (Å²) in [5, 5.41) is 22.5. The Labute approximate surface area is 186 Å². The lowest BCUT2D eigenvalue weighted by molar-refractivity contribution is -0.215. The number of methoxy groups -OCH3 is 1. The van der Waals surface area contributed by atoms with E-state index in [-0.39, 0.29) is 36.1 Å². The van der Waals surface area contributed by atoms with E-state index in [0.717, 1.165) is 32.1 Å². The maximum Gasteiger partial charge on any atom is 0.302 e. The summed E-state index contributed by atoms with van der Waals surface area (Å²) in [6.07, 6.45) is 10.5. The van der Waals surface area contributed by atoms with Gasteiger partial charge in [0, 0.05) is 19.4 Å². The molecule has 4 aliphatic carbocycles. The molecule has 6 heteroatoms. The van der Waals surface area contributed by atoms with Gasteiger partial charge < -0.3 is 24.4 Å². The number of esters is 1. The van der Waals surface area contributed by atoms with Gasteiger partial charge >= 0.3 is 5.97 Å². The van der Waals surface area contributed by atoms with Crippen molar-refractivity contribution >= 4 is 5.97 Å². The Bertz CT molecular complexity index is 747. The molecule has 0 aliphatic heterocycles. The summed E-state index contributed by atoms with van der Waals surface area (Å²) >= 11 is 0. The SMILES string of the molecule is C#C[C@]1(OCOC)[C@H](O)CC2C3C(CC[C@@]21C)[C@@]1(C)CC[C@H](OC(C)=O)C[C@H]1C[C@@H]3O. The van der Waals surface area contributed by atoms with Gasteiger partial charge in [-0.15, -0.1) is 6.42 Å². The molecule has 4 saturated carbocycles. The fourth-order valence-corrected chi connectivity index (χ4v) is 8.25. The predicted molar refractivity (Wildman–Crippen MR) is 115 cm³/mol. The molecule has 0 spiro atoms. The standard InChI is InChI=1S/C25H38O6/c1-6-25(30-14-29-5)21(28)13-19-22-18(8-10-24(19,25)4)23(3)9-7-17(31-15(2)26)11-16(23)12-20(22)27/h1,16-22,27-28H,7-14H2,2-5H3/t16-,17-,18?,19?,20-,21+,22?,23-,24-,25-/m0/s1. The van der Waals surface area contributed by atoms with Crippen molar-refractivity contribution < 1.29 is 29.2 Å². The molecule has 10 atom stereocenters. The van der Waals surface area contributed by atoms with Crippen LogP contribution < -0.4 is 0 Å². The van der Waals surface area contributed by atoms with Crippen molar-refractivity contribution in [2.45, 2.75) is 89.6 Å². The highest BCUT2D eigenvalue weighted by molar-refractivity contribution is 5.66. The Morgan fingerprint density at radius 1 is 1.13 bits per heavy atom. The number of hydrogen-bond acceptors (Lipinski definition) is 6. The van der Waals surface area contributed by atoms with E-state index in [1.54, 1.807) is 7.11 Å². The molecule has 0 heterocycles. The third-order valence-corrected chi connectivity index (χ3v) is 9.77. The number of hydrogen-bond donors (Lipinski definition) is 2. The number of aliphatic hydroxyl groups is 2. The van der Waals surface area contributed by atoms with Crippen molar-refractivity contribution in [3.63, 3.8) is 0 Å². The second-order valence-electron chi connectivity index (χ2n) is 10.9. The molecule has 4 rings (SSSR count). The van der Waals surface area contributed by atoms with E-state index in [1.807, 2.05) is 0 Å². The van der Waals surface area contributed by atoms with Gasteiger partial charge in [-0.05, 0) is 74.0 Å². The first kappa shape index (κ1) is 23.0. The smallest absolute Gasteiger partial charge is 0.302 e. The van der Waals surface area contributed by atoms with Crippen molar-refractivity contribution in [2.24, 2.45) is 34.5 Å². The topological polar surface area (TPSA) is 85.2 Å². The third kappa shape index (κ3) is 3.27. The molecule has 0 aromatic rings. The number of ether oxygens (including phenoxy) is 3. The minimum absolute atomic E-state index is 0.0392. The average Bonchev–Trinajstić information content (AvgIpc) is 2.94. The molecular formula is C25H38O6. The molecule has 0 amide bonds. The fraction of sp³-hybridized carbons (Fsp3) is 0.880. The Kier molecular flexibility index (Phi) is 5.96. The first-order valence-corrected chi connectivity index (χ1v) is 11.8. The number of rotatable bonds is 4. The van der Waals surface area contributed by atoms with Crippen LogP contribution in [0.3, 0.4) is 0 Å². The number of terminal acetylenes is 1. The molecule has 0 radical (unpaired) electrons. The Morgan fingerprint density at radius 3 is 2.52 bits per heavy atom. The lowest BCUT2D eigenvalue weighted by Gasteiger charge is -2.62. The van der Waals surface area contributed by atoms with Crippen LogP contribution in [0.2, 0.25) is 0 Å². The van der Waals surface area contributed by atoms with Gasteiger partial charge in [-0.25, -0.2) is 0 Å². The van der Waals surface area contributed by atoms with Crippen LogP contribution in [0.15, 0.2) is 0 Å². The Hall–Kier alpha value is -1.13. The zero-order valence-corrected chi connectivity index (χ0v) is 19.3. The largest absolute Gasteiger partial charge is 0.463 e. The molecule has 4 aliphatic rings. The van der Waals surface area contributed by atoms with Crippen LogP contribution in [0.4, 0.5) is 0 Å². The van der Waals surface area contributed by atoms with E-state index in [9.17, 15) is 15.0 Å². The highest BCUT2D eigenvalue weighted by Gasteiger charge is 2.70. The Morgan fingerprint density at radius 2 is 1.87 bits per heavy atom. The molecule has 0 aromatic carbocycles. The molecular weight excluding hydrogens is 396 g/mol. The molecule has 3 unspecified atom stereocenters. The zero-order valence-electron chi connectivity index (χ0n) is 19.3. The van der Waals surface area contributed by atoms with Crippen molar-refractivity contribution in [1.82, 2.24) is 0 Å². The maximum absolute atomic E-state index is 11.5. The fourth-order valence-electron chi connectivity index (χ4n) is 8.25. The van der Waals surface area contributed by atoms with E-state index < -0.39 is 23.2 Å². The molecule has 2 N–H and O–H groups in total. The van der Waals surface area contributed by atoms with Crippen molar-refractivity contribution in [2.75, 3.05) is 13.9 Å². The van der Waals surface area contributed by atoms with E-state index in [2.05, 4.69) is 19.8 Å². The molecule has 6 nitrogen and oxygen atoms in total. The van der Waals surface area contributed by atoms with E-state index in [1.165, 1.54) is 6.92 Å². The van der Waals surface area contributed by atoms with Gasteiger partial charge in [0.1, 0.15) is 12.9 Å². The van der Waals surface area contributed by atoms with Gasteiger partial charge in [-0.1, -0.05) is 19.8 Å². The van der Waals surface area contributed by atoms with Gasteiger partial charge in [0.15, 0.2) is 5.60 Å². The van der Waals surface area contributed by atoms with Crippen LogP contribution in [-0.4, -0.2) is 54.0 Å². The lowest BCUT2D eigenvalue weighted by Crippen LogP contribution is -2.61. The number of carbonyl (C=O) groups excluding carboxylic acids is 1. The zero-order chi connectivity index (χ0) is 22.6. The molecule has 31 heavy (non-hydrogen) atoms. The molecule has 0 saturated heterocycles. The highest BCUT2D eigenvalue weighted by atomic mass is 16.7. The summed E-state index contributed by atoms with van der Waals surface area (Å²) in [6, 6.07) is 0. The first-order chi connectivity index (χ1) is 14.6. The maximum atomic E-state index is 11.5. The summed E-state index contributed by atoms with van der Waals surface area (Å²) < 4.78 is 16.7. The highest BCUT2D eigenvalue weighted by Crippen LogP contribution is 2.68. The van der Waals surface area contributed by atoms with Gasteiger partial charge in [-0.2, -0.15) is 0 Å². The molecule has 4 fully saturated rings. The van der Waals surface area contributed by atoms with E-state index >= 15 is 0 Å². The van der Waals surface area contributed by atoms with Crippen molar-refractivity contribution in [1.29, 1.82) is 0 Å². The normalized spacial score (nSPS) is 51.2. The van der Waals surface area contributed by atoms with E-state index in [4.69, 9.17) is 20.6 Å². The molecule has 0 bridgehead atoms. The molecule has 0 aromatic heterocycles. The summed E-state index contributed by atoms with van der Waals surface area (Å²) in [5.41, 5.74) is -1.41. The lowest BCUT2D eigenvalue weighted by atomic mass is 9.43. The van der Waals surface area contributed by atoms with Crippen LogP contribution in [0.25, 0.3) is 0 Å². The van der Waals surface area contributed by atoms with Gasteiger partial charge in [0.05, 0.1) is 12.2 Å². The predicted octanol–water partition coefficient (Wildman–Crippen LogP) is 2.89. The van der Waals surface area contributed by atoms with Gasteiger partial charge in [-0.3, -0.25) is 4.79 Å². The average molecular weight is 435 g/mol. The van der Waals surface area contributed by atoms with Gasteiger partial charge in [0.2, 0.25) is 0 Å². The second-order valence-corrected chi connectivity index (χ2v) is 10.9. The third-order valence-electron chi connectivity index (χ3n) is 9.77. The monoisotopic (exact) mass is 434 g/mol. The Balaban J connectivity index is 1.63. The first-order valence-electron chi connectivity index (χ1n) is 11.8. The summed E-state index contributed by atoms with van der Waals surface area (Å²) in [6.45, 7) is 6.02. The number of carbonyl (C=O) groups is 1.